The van der Waals surface area contributed by atoms with Crippen LogP contribution in [0.4, 0.5) is 5.69 Å². The van der Waals surface area contributed by atoms with Crippen molar-refractivity contribution in [3.8, 4) is 0 Å². The summed E-state index contributed by atoms with van der Waals surface area (Å²) in [4.78, 5) is 22.7. The molecular formula is C12H18N4O3. The molecule has 1 aliphatic rings. The molecule has 0 unspecified atom stereocenters. The van der Waals surface area contributed by atoms with Gasteiger partial charge in [0, 0.05) is 6.20 Å². The molecule has 1 aliphatic carbocycles. The Morgan fingerprint density at radius 3 is 2.74 bits per heavy atom. The van der Waals surface area contributed by atoms with Crippen LogP contribution in [0.2, 0.25) is 0 Å². The number of nitrogens with two attached hydrogens (primary N) is 1. The molecule has 7 nitrogen and oxygen atoms in total. The van der Waals surface area contributed by atoms with Gasteiger partial charge < -0.3 is 16.2 Å². The van der Waals surface area contributed by atoms with Gasteiger partial charge in [0.05, 0.1) is 17.4 Å². The molecule has 1 fully saturated rings. The van der Waals surface area contributed by atoms with E-state index >= 15 is 0 Å². The van der Waals surface area contributed by atoms with Gasteiger partial charge in [0.25, 0.3) is 0 Å². The highest BCUT2D eigenvalue weighted by Gasteiger charge is 2.35. The third kappa shape index (κ3) is 3.31. The molecular weight excluding hydrogens is 248 g/mol. The third-order valence-electron chi connectivity index (χ3n) is 3.39. The second-order valence-corrected chi connectivity index (χ2v) is 4.99. The van der Waals surface area contributed by atoms with Gasteiger partial charge in [0.15, 0.2) is 0 Å². The van der Waals surface area contributed by atoms with Crippen molar-refractivity contribution >= 4 is 17.6 Å². The van der Waals surface area contributed by atoms with E-state index in [-0.39, 0.29) is 12.5 Å². The molecule has 0 aliphatic heterocycles. The van der Waals surface area contributed by atoms with E-state index in [9.17, 15) is 9.59 Å². The van der Waals surface area contributed by atoms with E-state index in [0.717, 1.165) is 19.3 Å². The first-order valence-electron chi connectivity index (χ1n) is 6.34. The summed E-state index contributed by atoms with van der Waals surface area (Å²) in [5, 5.41) is 15.2. The summed E-state index contributed by atoms with van der Waals surface area (Å²) in [5.41, 5.74) is 5.77. The van der Waals surface area contributed by atoms with Crippen molar-refractivity contribution in [1.29, 1.82) is 0 Å². The number of carboxylic acids is 1. The van der Waals surface area contributed by atoms with Crippen LogP contribution in [0, 0.1) is 0 Å². The van der Waals surface area contributed by atoms with Crippen molar-refractivity contribution in [2.75, 3.05) is 5.32 Å². The molecule has 0 saturated heterocycles. The molecule has 2 rings (SSSR count). The zero-order valence-electron chi connectivity index (χ0n) is 10.6. The molecule has 1 aromatic heterocycles. The standard InChI is InChI=1S/C12H18N4O3/c13-12(4-2-1-3-5-12)11(19)15-9-6-14-16(7-9)8-10(17)18/h6-7H,1-5,8,13H2,(H,15,19)(H,17,18). The molecule has 1 saturated carbocycles. The second kappa shape index (κ2) is 5.40. The van der Waals surface area contributed by atoms with Gasteiger partial charge in [-0.1, -0.05) is 19.3 Å². The summed E-state index contributed by atoms with van der Waals surface area (Å²) in [6.45, 7) is -0.233. The lowest BCUT2D eigenvalue weighted by Gasteiger charge is -2.31. The first kappa shape index (κ1) is 13.5. The van der Waals surface area contributed by atoms with Crippen LogP contribution in [0.1, 0.15) is 32.1 Å². The van der Waals surface area contributed by atoms with E-state index in [1.807, 2.05) is 0 Å². The molecule has 104 valence electrons. The summed E-state index contributed by atoms with van der Waals surface area (Å²) in [7, 11) is 0. The van der Waals surface area contributed by atoms with Crippen LogP contribution in [-0.2, 0) is 16.1 Å². The van der Waals surface area contributed by atoms with Gasteiger partial charge in [-0.05, 0) is 12.8 Å². The number of nitrogens with one attached hydrogen (secondary N) is 1. The van der Waals surface area contributed by atoms with Gasteiger partial charge in [-0.3, -0.25) is 14.3 Å². The Morgan fingerprint density at radius 1 is 1.42 bits per heavy atom. The molecule has 0 radical (unpaired) electrons. The van der Waals surface area contributed by atoms with E-state index in [2.05, 4.69) is 10.4 Å². The highest BCUT2D eigenvalue weighted by Crippen LogP contribution is 2.27. The first-order valence-corrected chi connectivity index (χ1v) is 6.34. The number of carboxylic acid groups (broad SMARTS) is 1. The fraction of sp³-hybridized carbons (Fsp3) is 0.583. The Hall–Kier alpha value is -1.89. The Labute approximate surface area is 110 Å². The lowest BCUT2D eigenvalue weighted by molar-refractivity contribution is -0.137. The number of aliphatic carboxylic acids is 1. The Morgan fingerprint density at radius 2 is 2.11 bits per heavy atom. The SMILES string of the molecule is NC1(C(=O)Nc2cnn(CC(=O)O)c2)CCCCC1. The van der Waals surface area contributed by atoms with Crippen molar-refractivity contribution in [2.45, 2.75) is 44.2 Å². The molecule has 1 heterocycles. The predicted octanol–water partition coefficient (Wildman–Crippen LogP) is 0.568. The number of hydrogen-bond donors (Lipinski definition) is 3. The zero-order valence-corrected chi connectivity index (χ0v) is 10.6. The summed E-state index contributed by atoms with van der Waals surface area (Å²) < 4.78 is 1.25. The van der Waals surface area contributed by atoms with Crippen LogP contribution >= 0.6 is 0 Å². The maximum Gasteiger partial charge on any atom is 0.325 e. The van der Waals surface area contributed by atoms with E-state index in [4.69, 9.17) is 10.8 Å². The van der Waals surface area contributed by atoms with Gasteiger partial charge in [-0.2, -0.15) is 5.10 Å². The van der Waals surface area contributed by atoms with Gasteiger partial charge >= 0.3 is 5.97 Å². The van der Waals surface area contributed by atoms with Crippen molar-refractivity contribution in [1.82, 2.24) is 9.78 Å². The van der Waals surface area contributed by atoms with Gasteiger partial charge in [-0.25, -0.2) is 0 Å². The lowest BCUT2D eigenvalue weighted by Crippen LogP contribution is -2.52. The summed E-state index contributed by atoms with van der Waals surface area (Å²) in [6.07, 6.45) is 7.31. The van der Waals surface area contributed by atoms with Crippen LogP contribution in [0.25, 0.3) is 0 Å². The highest BCUT2D eigenvalue weighted by molar-refractivity contribution is 5.97. The zero-order chi connectivity index (χ0) is 13.9. The number of carbonyl (C=O) groups is 2. The molecule has 0 spiro atoms. The summed E-state index contributed by atoms with van der Waals surface area (Å²) in [6, 6.07) is 0. The summed E-state index contributed by atoms with van der Waals surface area (Å²) in [5.74, 6) is -1.20. The molecule has 19 heavy (non-hydrogen) atoms. The minimum atomic E-state index is -0.983. The smallest absolute Gasteiger partial charge is 0.325 e. The van der Waals surface area contributed by atoms with Gasteiger partial charge in [-0.15, -0.1) is 0 Å². The predicted molar refractivity (Wildman–Crippen MR) is 68.5 cm³/mol. The molecule has 1 aromatic rings. The van der Waals surface area contributed by atoms with E-state index < -0.39 is 11.5 Å². The average Bonchev–Trinajstić information content (AvgIpc) is 2.76. The maximum absolute atomic E-state index is 12.1. The van der Waals surface area contributed by atoms with E-state index in [0.29, 0.717) is 18.5 Å². The largest absolute Gasteiger partial charge is 0.480 e. The second-order valence-electron chi connectivity index (χ2n) is 4.99. The van der Waals surface area contributed by atoms with Gasteiger partial charge in [0.1, 0.15) is 6.54 Å². The number of nitrogens with zero attached hydrogens (tertiary/aromatic N) is 2. The first-order chi connectivity index (χ1) is 8.99. The fourth-order valence-electron chi connectivity index (χ4n) is 2.32. The number of carbonyl (C=O) groups excluding carboxylic acids is 1. The maximum atomic E-state index is 12.1. The third-order valence-corrected chi connectivity index (χ3v) is 3.39. The summed E-state index contributed by atoms with van der Waals surface area (Å²) >= 11 is 0. The highest BCUT2D eigenvalue weighted by atomic mass is 16.4. The number of anilines is 1. The minimum absolute atomic E-state index is 0.220. The van der Waals surface area contributed by atoms with Gasteiger partial charge in [0.2, 0.25) is 5.91 Å². The van der Waals surface area contributed by atoms with Crippen LogP contribution < -0.4 is 11.1 Å². The number of hydrogen-bond acceptors (Lipinski definition) is 4. The van der Waals surface area contributed by atoms with Crippen LogP contribution in [0.15, 0.2) is 12.4 Å². The Bertz CT molecular complexity index is 477. The molecule has 1 amide bonds. The number of rotatable bonds is 4. The number of aromatic nitrogens is 2. The molecule has 0 atom stereocenters. The average molecular weight is 266 g/mol. The minimum Gasteiger partial charge on any atom is -0.480 e. The Kier molecular flexibility index (Phi) is 3.84. The Balaban J connectivity index is 1.98. The molecule has 0 aromatic carbocycles. The van der Waals surface area contributed by atoms with Crippen molar-refractivity contribution in [3.63, 3.8) is 0 Å². The molecule has 0 bridgehead atoms. The molecule has 7 heteroatoms. The van der Waals surface area contributed by atoms with E-state index in [1.165, 1.54) is 17.1 Å². The van der Waals surface area contributed by atoms with E-state index in [1.54, 1.807) is 0 Å². The van der Waals surface area contributed by atoms with Crippen LogP contribution in [0.3, 0.4) is 0 Å². The van der Waals surface area contributed by atoms with Crippen molar-refractivity contribution in [2.24, 2.45) is 5.73 Å². The number of amides is 1. The topological polar surface area (TPSA) is 110 Å². The van der Waals surface area contributed by atoms with Crippen molar-refractivity contribution in [3.05, 3.63) is 12.4 Å². The monoisotopic (exact) mass is 266 g/mol. The molecule has 4 N–H and O–H groups in total. The van der Waals surface area contributed by atoms with Crippen LogP contribution in [0.5, 0.6) is 0 Å². The quantitative estimate of drug-likeness (QED) is 0.737. The lowest BCUT2D eigenvalue weighted by atomic mass is 9.82. The van der Waals surface area contributed by atoms with Crippen LogP contribution in [-0.4, -0.2) is 32.3 Å². The fourth-order valence-corrected chi connectivity index (χ4v) is 2.32. The normalized spacial score (nSPS) is 17.9. The van der Waals surface area contributed by atoms with Crippen molar-refractivity contribution < 1.29 is 14.7 Å².